The van der Waals surface area contributed by atoms with Crippen molar-refractivity contribution < 1.29 is 14.0 Å². The summed E-state index contributed by atoms with van der Waals surface area (Å²) >= 11 is 0. The van der Waals surface area contributed by atoms with Crippen molar-refractivity contribution in [2.24, 2.45) is 5.16 Å². The zero-order valence-corrected chi connectivity index (χ0v) is 19.0. The zero-order valence-electron chi connectivity index (χ0n) is 19.0. The Balaban J connectivity index is 1.26. The molecule has 7 heteroatoms. The monoisotopic (exact) mass is 456 g/mol. The molecule has 1 atom stereocenters. The summed E-state index contributed by atoms with van der Waals surface area (Å²) in [6.45, 7) is 3.21. The van der Waals surface area contributed by atoms with E-state index in [4.69, 9.17) is 9.57 Å². The molecule has 1 aromatic heterocycles. The van der Waals surface area contributed by atoms with Gasteiger partial charge in [-0.2, -0.15) is 0 Å². The van der Waals surface area contributed by atoms with Crippen molar-refractivity contribution in [3.8, 4) is 5.69 Å². The van der Waals surface area contributed by atoms with E-state index in [-0.39, 0.29) is 17.5 Å². The number of hydrogen-bond donors (Lipinski definition) is 0. The Hall–Kier alpha value is -3.61. The van der Waals surface area contributed by atoms with Crippen LogP contribution in [0.15, 0.2) is 59.8 Å². The molecule has 1 spiro atoms. The van der Waals surface area contributed by atoms with Crippen molar-refractivity contribution in [2.45, 2.75) is 44.2 Å². The maximum atomic E-state index is 13.5. The van der Waals surface area contributed by atoms with Gasteiger partial charge in [0.2, 0.25) is 5.84 Å². The van der Waals surface area contributed by atoms with Crippen LogP contribution in [-0.4, -0.2) is 39.0 Å². The maximum absolute atomic E-state index is 13.5. The van der Waals surface area contributed by atoms with E-state index in [2.05, 4.69) is 44.0 Å². The Morgan fingerprint density at radius 3 is 2.62 bits per heavy atom. The lowest BCUT2D eigenvalue weighted by atomic mass is 9.83. The van der Waals surface area contributed by atoms with Gasteiger partial charge in [-0.25, -0.2) is 9.37 Å². The predicted octanol–water partition coefficient (Wildman–Crippen LogP) is 4.71. The molecule has 1 saturated carbocycles. The van der Waals surface area contributed by atoms with Crippen molar-refractivity contribution in [1.29, 1.82) is 0 Å². The van der Waals surface area contributed by atoms with Crippen LogP contribution in [0.25, 0.3) is 11.8 Å². The topological polar surface area (TPSA) is 51.9 Å². The van der Waals surface area contributed by atoms with Crippen molar-refractivity contribution in [1.82, 2.24) is 14.5 Å². The first-order valence-corrected chi connectivity index (χ1v) is 11.9. The number of nitrogens with zero attached hydrogens (tertiary/aromatic N) is 4. The number of ether oxygens (including phenoxy) is 1. The third kappa shape index (κ3) is 3.14. The Bertz CT molecular complexity index is 1350. The van der Waals surface area contributed by atoms with Crippen molar-refractivity contribution in [2.75, 3.05) is 13.2 Å². The lowest BCUT2D eigenvalue weighted by molar-refractivity contribution is -0.00393. The van der Waals surface area contributed by atoms with E-state index in [0.717, 1.165) is 55.1 Å². The molecule has 2 aromatic carbocycles. The normalized spacial score (nSPS) is 22.9. The van der Waals surface area contributed by atoms with Gasteiger partial charge >= 0.3 is 0 Å². The molecule has 1 unspecified atom stereocenters. The van der Waals surface area contributed by atoms with Crippen LogP contribution >= 0.6 is 0 Å². The highest BCUT2D eigenvalue weighted by molar-refractivity contribution is 6.01. The highest BCUT2D eigenvalue weighted by Gasteiger charge is 2.54. The lowest BCUT2D eigenvalue weighted by Crippen LogP contribution is -2.51. The molecule has 34 heavy (non-hydrogen) atoms. The number of aromatic nitrogens is 2. The highest BCUT2D eigenvalue weighted by atomic mass is 19.1. The summed E-state index contributed by atoms with van der Waals surface area (Å²) in [7, 11) is 0. The minimum Gasteiger partial charge on any atom is -0.481 e. The molecule has 0 N–H and O–H groups in total. The minimum atomic E-state index is -0.234. The molecule has 0 radical (unpaired) electrons. The van der Waals surface area contributed by atoms with E-state index >= 15 is 0 Å². The SMILES string of the molecule is Cc1cn(-c2ccc(C=C3OC4(CC4)CN4C3=NOCC4c3ccc(F)cc3)c3c2CC3)cn1. The first-order chi connectivity index (χ1) is 16.6. The van der Waals surface area contributed by atoms with Crippen LogP contribution in [0.4, 0.5) is 4.39 Å². The van der Waals surface area contributed by atoms with Crippen LogP contribution in [0, 0.1) is 12.7 Å². The number of oxime groups is 1. The third-order valence-electron chi connectivity index (χ3n) is 7.44. The molecular formula is C27H25FN4O2. The van der Waals surface area contributed by atoms with Gasteiger partial charge in [0.1, 0.15) is 18.0 Å². The average Bonchev–Trinajstić information content (AvgIpc) is 3.40. The van der Waals surface area contributed by atoms with Crippen molar-refractivity contribution in [3.63, 3.8) is 0 Å². The van der Waals surface area contributed by atoms with Gasteiger partial charge in [0.05, 0.1) is 24.6 Å². The molecule has 172 valence electrons. The number of morpholine rings is 1. The van der Waals surface area contributed by atoms with Crippen LogP contribution in [0.3, 0.4) is 0 Å². The van der Waals surface area contributed by atoms with Crippen LogP contribution in [0.2, 0.25) is 0 Å². The first-order valence-electron chi connectivity index (χ1n) is 11.9. The summed E-state index contributed by atoms with van der Waals surface area (Å²) in [5, 5.41) is 4.42. The second-order valence-corrected chi connectivity index (χ2v) is 9.75. The molecule has 0 amide bonds. The largest absolute Gasteiger partial charge is 0.481 e. The van der Waals surface area contributed by atoms with E-state index in [1.54, 1.807) is 0 Å². The van der Waals surface area contributed by atoms with Gasteiger partial charge in [-0.05, 0) is 79.1 Å². The van der Waals surface area contributed by atoms with Crippen LogP contribution in [0.1, 0.15) is 46.8 Å². The minimum absolute atomic E-state index is 0.0207. The number of hydrogen-bond acceptors (Lipinski definition) is 5. The van der Waals surface area contributed by atoms with Gasteiger partial charge in [-0.1, -0.05) is 23.4 Å². The van der Waals surface area contributed by atoms with E-state index < -0.39 is 0 Å². The standard InChI is InChI=1S/C27H25FN4O2/c1-17-13-31(16-29-17)23-9-4-19(21-7-8-22(21)23)12-25-26-30-33-14-24(18-2-5-20(28)6-3-18)32(26)15-27(34-25)10-11-27/h2-6,9,12-13,16,24H,7-8,10-11,14-15H2,1H3. The number of halogens is 1. The Labute approximate surface area is 197 Å². The van der Waals surface area contributed by atoms with Gasteiger partial charge < -0.3 is 19.0 Å². The first kappa shape index (κ1) is 19.8. The van der Waals surface area contributed by atoms with Gasteiger partial charge in [0.25, 0.3) is 0 Å². The van der Waals surface area contributed by atoms with E-state index in [9.17, 15) is 4.39 Å². The fourth-order valence-corrected chi connectivity index (χ4v) is 5.32. The smallest absolute Gasteiger partial charge is 0.211 e. The maximum Gasteiger partial charge on any atom is 0.211 e. The van der Waals surface area contributed by atoms with Crippen LogP contribution in [0.5, 0.6) is 0 Å². The van der Waals surface area contributed by atoms with Gasteiger partial charge in [0.15, 0.2) is 5.76 Å². The molecule has 1 saturated heterocycles. The number of amidine groups is 1. The van der Waals surface area contributed by atoms with Crippen molar-refractivity contribution >= 4 is 11.9 Å². The summed E-state index contributed by atoms with van der Waals surface area (Å²) in [6.07, 6.45) is 10.2. The Morgan fingerprint density at radius 1 is 1.09 bits per heavy atom. The second-order valence-electron chi connectivity index (χ2n) is 9.75. The van der Waals surface area contributed by atoms with Crippen LogP contribution < -0.4 is 0 Å². The Morgan fingerprint density at radius 2 is 1.91 bits per heavy atom. The summed E-state index contributed by atoms with van der Waals surface area (Å²) < 4.78 is 22.2. The number of aryl methyl sites for hydroxylation is 1. The van der Waals surface area contributed by atoms with Gasteiger partial charge in [-0.3, -0.25) is 0 Å². The summed E-state index contributed by atoms with van der Waals surface area (Å²) in [4.78, 5) is 12.3. The second kappa shape index (κ2) is 7.19. The number of fused-ring (bicyclic) bond motifs is 2. The molecule has 6 nitrogen and oxygen atoms in total. The quantitative estimate of drug-likeness (QED) is 0.573. The molecule has 2 aliphatic carbocycles. The number of rotatable bonds is 3. The fourth-order valence-electron chi connectivity index (χ4n) is 5.32. The summed E-state index contributed by atoms with van der Waals surface area (Å²) in [5.41, 5.74) is 6.96. The number of benzene rings is 2. The van der Waals surface area contributed by atoms with Crippen molar-refractivity contribution in [3.05, 3.63) is 88.4 Å². The highest BCUT2D eigenvalue weighted by Crippen LogP contribution is 2.48. The number of imidazole rings is 1. The predicted molar refractivity (Wildman–Crippen MR) is 126 cm³/mol. The molecule has 2 fully saturated rings. The van der Waals surface area contributed by atoms with Gasteiger partial charge in [-0.15, -0.1) is 0 Å². The molecule has 4 aliphatic rings. The molecule has 2 aliphatic heterocycles. The van der Waals surface area contributed by atoms with Gasteiger partial charge in [0, 0.05) is 11.9 Å². The third-order valence-corrected chi connectivity index (χ3v) is 7.44. The summed E-state index contributed by atoms with van der Waals surface area (Å²) in [6, 6.07) is 11.0. The molecule has 3 aromatic rings. The molecule has 3 heterocycles. The van der Waals surface area contributed by atoms with Crippen LogP contribution in [-0.2, 0) is 22.4 Å². The lowest BCUT2D eigenvalue weighted by Gasteiger charge is -2.43. The zero-order chi connectivity index (χ0) is 22.9. The average molecular weight is 457 g/mol. The van der Waals surface area contributed by atoms with E-state index in [0.29, 0.717) is 6.61 Å². The fraction of sp³-hybridized carbons (Fsp3) is 0.333. The summed E-state index contributed by atoms with van der Waals surface area (Å²) in [5.74, 6) is 1.25. The van der Waals surface area contributed by atoms with E-state index in [1.165, 1.54) is 34.5 Å². The molecule has 7 rings (SSSR count). The molecular weight excluding hydrogens is 431 g/mol. The van der Waals surface area contributed by atoms with E-state index in [1.807, 2.05) is 25.4 Å². The Kier molecular flexibility index (Phi) is 4.19. The molecule has 0 bridgehead atoms.